The fraction of sp³-hybridized carbons (Fsp3) is 0.600. The topological polar surface area (TPSA) is 68.9 Å². The standard InChI is InChI=1S/C35H44O5S2/c1-38-27-16-24(17-28(19-27)39-2)31-18-23(7-5-3-4-6-10-36)32(40-31)20-33-30(37)9-8-29(35(41)42-33)34-25-12-21-11-22(14-25)15-26(34)13-21/h16-22,25-26,29,34,36H,3-15H2,1-2H3. The van der Waals surface area contributed by atoms with Crippen LogP contribution in [0.5, 0.6) is 11.5 Å². The number of carbonyl (C=O) groups is 1. The smallest absolute Gasteiger partial charge is 0.169 e. The zero-order valence-corrected chi connectivity index (χ0v) is 26.6. The minimum atomic E-state index is 0.184. The van der Waals surface area contributed by atoms with E-state index in [4.69, 9.17) is 31.2 Å². The van der Waals surface area contributed by atoms with Crippen molar-refractivity contribution < 1.29 is 23.8 Å². The number of thioether (sulfide) groups is 1. The van der Waals surface area contributed by atoms with Crippen molar-refractivity contribution in [2.24, 2.45) is 35.5 Å². The number of aryl methyl sites for hydroxylation is 1. The summed E-state index contributed by atoms with van der Waals surface area (Å²) in [7, 11) is 3.28. The third kappa shape index (κ3) is 6.39. The van der Waals surface area contributed by atoms with Gasteiger partial charge < -0.3 is 19.0 Å². The van der Waals surface area contributed by atoms with Crippen LogP contribution in [0.25, 0.3) is 17.4 Å². The highest BCUT2D eigenvalue weighted by Gasteiger charge is 2.51. The quantitative estimate of drug-likeness (QED) is 0.156. The molecule has 1 saturated heterocycles. The SMILES string of the molecule is COc1cc(OC)cc(-c2cc(CCCCCCO)c(C=C3SC(=S)C(C4C5CC6CC(C5)CC4C6)CCC3=O)o2)c1. The number of ketones is 1. The lowest BCUT2D eigenvalue weighted by Gasteiger charge is -2.56. The number of thiocarbonyl (C=S) groups is 1. The molecular formula is C35H44O5S2. The summed E-state index contributed by atoms with van der Waals surface area (Å²) >= 11 is 7.67. The highest BCUT2D eigenvalue weighted by molar-refractivity contribution is 8.26. The average molecular weight is 609 g/mol. The highest BCUT2D eigenvalue weighted by Crippen LogP contribution is 2.60. The first-order valence-corrected chi connectivity index (χ1v) is 17.1. The van der Waals surface area contributed by atoms with Crippen LogP contribution in [0.1, 0.15) is 82.0 Å². The van der Waals surface area contributed by atoms with E-state index in [1.807, 2.05) is 24.3 Å². The minimum absolute atomic E-state index is 0.184. The summed E-state index contributed by atoms with van der Waals surface area (Å²) in [6, 6.07) is 7.83. The number of unbranched alkanes of at least 4 members (excludes halogenated alkanes) is 3. The van der Waals surface area contributed by atoms with Gasteiger partial charge in [0.1, 0.15) is 23.0 Å². The monoisotopic (exact) mass is 608 g/mol. The molecule has 1 aromatic heterocycles. The first kappa shape index (κ1) is 30.0. The Morgan fingerprint density at radius 3 is 2.26 bits per heavy atom. The van der Waals surface area contributed by atoms with Crippen molar-refractivity contribution in [2.45, 2.75) is 77.0 Å². The molecule has 2 aromatic rings. The molecule has 1 aliphatic heterocycles. The lowest BCUT2D eigenvalue weighted by atomic mass is 9.49. The van der Waals surface area contributed by atoms with Crippen LogP contribution in [0.15, 0.2) is 33.6 Å². The Kier molecular flexibility index (Phi) is 9.47. The van der Waals surface area contributed by atoms with E-state index in [-0.39, 0.29) is 12.4 Å². The zero-order valence-electron chi connectivity index (χ0n) is 24.9. The van der Waals surface area contributed by atoms with E-state index in [9.17, 15) is 4.79 Å². The predicted octanol–water partition coefficient (Wildman–Crippen LogP) is 8.51. The second-order valence-corrected chi connectivity index (χ2v) is 14.8. The van der Waals surface area contributed by atoms with Gasteiger partial charge in [-0.25, -0.2) is 0 Å². The second-order valence-electron chi connectivity index (χ2n) is 13.0. The molecule has 0 amide bonds. The first-order valence-electron chi connectivity index (χ1n) is 15.9. The van der Waals surface area contributed by atoms with Gasteiger partial charge >= 0.3 is 0 Å². The van der Waals surface area contributed by atoms with E-state index in [0.717, 1.165) is 93.9 Å². The van der Waals surface area contributed by atoms with E-state index in [1.165, 1.54) is 43.9 Å². The molecule has 2 heterocycles. The van der Waals surface area contributed by atoms with Crippen LogP contribution in [0.3, 0.4) is 0 Å². The molecule has 1 unspecified atom stereocenters. The number of Topliss-reactive ketones (excluding diaryl/α,β-unsaturated/α-hetero) is 1. The summed E-state index contributed by atoms with van der Waals surface area (Å²) in [5, 5.41) is 9.17. The van der Waals surface area contributed by atoms with Crippen LogP contribution in [0, 0.1) is 35.5 Å². The Bertz CT molecular complexity index is 1280. The van der Waals surface area contributed by atoms with Gasteiger partial charge in [0.2, 0.25) is 0 Å². The van der Waals surface area contributed by atoms with Crippen LogP contribution in [-0.2, 0) is 11.2 Å². The van der Waals surface area contributed by atoms with Crippen LogP contribution in [0.4, 0.5) is 0 Å². The number of furan rings is 1. The van der Waals surface area contributed by atoms with Gasteiger partial charge in [0.25, 0.3) is 0 Å². The number of hydrogen-bond acceptors (Lipinski definition) is 7. The Morgan fingerprint density at radius 1 is 0.952 bits per heavy atom. The summed E-state index contributed by atoms with van der Waals surface area (Å²) in [5.74, 6) is 7.54. The van der Waals surface area contributed by atoms with Crippen molar-refractivity contribution in [3.05, 3.63) is 40.5 Å². The second kappa shape index (κ2) is 13.3. The molecule has 1 aromatic carbocycles. The molecular weight excluding hydrogens is 565 g/mol. The molecule has 4 saturated carbocycles. The summed E-state index contributed by atoms with van der Waals surface area (Å²) in [6.07, 6.45) is 15.1. The molecule has 0 radical (unpaired) electrons. The Labute approximate surface area is 259 Å². The lowest BCUT2D eigenvalue weighted by molar-refractivity contribution is -0.115. The van der Waals surface area contributed by atoms with Crippen LogP contribution in [0.2, 0.25) is 0 Å². The summed E-state index contributed by atoms with van der Waals surface area (Å²) in [5.41, 5.74) is 1.96. The number of ether oxygens (including phenoxy) is 2. The first-order chi connectivity index (χ1) is 20.4. The van der Waals surface area contributed by atoms with E-state index >= 15 is 0 Å². The molecule has 5 aliphatic rings. The van der Waals surface area contributed by atoms with Crippen molar-refractivity contribution >= 4 is 40.0 Å². The number of carbonyl (C=O) groups excluding carboxylic acids is 1. The van der Waals surface area contributed by atoms with Crippen molar-refractivity contribution in [2.75, 3.05) is 20.8 Å². The Morgan fingerprint density at radius 2 is 1.62 bits per heavy atom. The molecule has 226 valence electrons. The molecule has 5 fully saturated rings. The minimum Gasteiger partial charge on any atom is -0.497 e. The Hall–Kier alpha value is -2.09. The van der Waals surface area contributed by atoms with Gasteiger partial charge in [0.15, 0.2) is 5.78 Å². The maximum absolute atomic E-state index is 13.5. The van der Waals surface area contributed by atoms with E-state index in [0.29, 0.717) is 29.8 Å². The average Bonchev–Trinajstić information content (AvgIpc) is 3.33. The van der Waals surface area contributed by atoms with Crippen LogP contribution < -0.4 is 9.47 Å². The number of hydrogen-bond donors (Lipinski definition) is 1. The number of rotatable bonds is 11. The Balaban J connectivity index is 1.26. The molecule has 7 heteroatoms. The van der Waals surface area contributed by atoms with Gasteiger partial charge in [-0.3, -0.25) is 4.79 Å². The van der Waals surface area contributed by atoms with Crippen molar-refractivity contribution in [1.29, 1.82) is 0 Å². The molecule has 0 spiro atoms. The molecule has 4 aliphatic carbocycles. The molecule has 42 heavy (non-hydrogen) atoms. The van der Waals surface area contributed by atoms with Crippen LogP contribution >= 0.6 is 24.0 Å². The lowest BCUT2D eigenvalue weighted by Crippen LogP contribution is -2.48. The van der Waals surface area contributed by atoms with E-state index in [2.05, 4.69) is 6.07 Å². The normalized spacial score (nSPS) is 29.7. The number of aliphatic hydroxyl groups excluding tert-OH is 1. The fourth-order valence-corrected chi connectivity index (χ4v) is 10.2. The predicted molar refractivity (Wildman–Crippen MR) is 173 cm³/mol. The number of methoxy groups -OCH3 is 2. The number of aliphatic hydroxyl groups is 1. The number of benzene rings is 1. The molecule has 7 rings (SSSR count). The van der Waals surface area contributed by atoms with E-state index in [1.54, 1.807) is 14.2 Å². The summed E-state index contributed by atoms with van der Waals surface area (Å²) in [6.45, 7) is 0.231. The largest absolute Gasteiger partial charge is 0.497 e. The van der Waals surface area contributed by atoms with Crippen LogP contribution in [-0.4, -0.2) is 35.9 Å². The summed E-state index contributed by atoms with van der Waals surface area (Å²) in [4.78, 5) is 14.3. The molecule has 4 bridgehead atoms. The van der Waals surface area contributed by atoms with Gasteiger partial charge in [-0.1, -0.05) is 36.8 Å². The van der Waals surface area contributed by atoms with Crippen molar-refractivity contribution in [3.8, 4) is 22.8 Å². The number of allylic oxidation sites excluding steroid dienone is 1. The van der Waals surface area contributed by atoms with Gasteiger partial charge in [0.05, 0.1) is 23.3 Å². The zero-order chi connectivity index (χ0) is 29.2. The molecule has 1 N–H and O–H groups in total. The van der Waals surface area contributed by atoms with E-state index < -0.39 is 0 Å². The maximum atomic E-state index is 13.5. The van der Waals surface area contributed by atoms with Gasteiger partial charge in [-0.15, -0.1) is 0 Å². The fourth-order valence-electron chi connectivity index (χ4n) is 8.60. The molecule has 5 nitrogen and oxygen atoms in total. The van der Waals surface area contributed by atoms with Gasteiger partial charge in [-0.2, -0.15) is 0 Å². The van der Waals surface area contributed by atoms with Crippen molar-refractivity contribution in [1.82, 2.24) is 0 Å². The third-order valence-corrected chi connectivity index (χ3v) is 12.0. The van der Waals surface area contributed by atoms with Gasteiger partial charge in [0, 0.05) is 30.6 Å². The van der Waals surface area contributed by atoms with Gasteiger partial charge in [-0.05, 0) is 117 Å². The highest BCUT2D eigenvalue weighted by atomic mass is 32.2. The summed E-state index contributed by atoms with van der Waals surface area (Å²) < 4.78 is 18.5. The maximum Gasteiger partial charge on any atom is 0.169 e. The van der Waals surface area contributed by atoms with Crippen molar-refractivity contribution in [3.63, 3.8) is 0 Å². The third-order valence-electron chi connectivity index (χ3n) is 10.3. The molecule has 1 atom stereocenters.